The Labute approximate surface area is 155 Å². The minimum absolute atomic E-state index is 0.212. The topological polar surface area (TPSA) is 20.2 Å². The minimum atomic E-state index is -4.35. The van der Waals surface area contributed by atoms with Gasteiger partial charge >= 0.3 is 6.18 Å². The number of nitrogens with zero attached hydrogens (tertiary/aromatic N) is 2. The molecule has 1 fully saturated rings. The third-order valence-corrected chi connectivity index (χ3v) is 5.01. The number of piperidine rings is 1. The highest BCUT2D eigenvalue weighted by Gasteiger charge is 2.30. The maximum Gasteiger partial charge on any atom is 0.406 e. The number of nitrogens with one attached hydrogen (secondary N) is 1. The molecule has 132 valence electrons. The molecule has 0 radical (unpaired) electrons. The fourth-order valence-electron chi connectivity index (χ4n) is 2.99. The van der Waals surface area contributed by atoms with Crippen molar-refractivity contribution in [2.75, 3.05) is 25.4 Å². The van der Waals surface area contributed by atoms with Gasteiger partial charge < -0.3 is 14.8 Å². The van der Waals surface area contributed by atoms with Gasteiger partial charge in [0.1, 0.15) is 12.7 Å². The number of rotatable bonds is 3. The second-order valence-electron chi connectivity index (χ2n) is 5.91. The lowest BCUT2D eigenvalue weighted by molar-refractivity contribution is -0.140. The number of likely N-dealkylation sites (tertiary alicyclic amines) is 1. The highest BCUT2D eigenvalue weighted by Crippen LogP contribution is 2.32. The van der Waals surface area contributed by atoms with Crippen LogP contribution in [0.25, 0.3) is 10.9 Å². The summed E-state index contributed by atoms with van der Waals surface area (Å²) in [6.07, 6.45) is -5.46. The molecule has 8 heteroatoms. The van der Waals surface area contributed by atoms with E-state index in [-0.39, 0.29) is 19.5 Å². The van der Waals surface area contributed by atoms with Crippen molar-refractivity contribution in [3.63, 3.8) is 0 Å². The minimum Gasteiger partial charge on any atom is -0.379 e. The van der Waals surface area contributed by atoms with Crippen LogP contribution in [0.15, 0.2) is 24.3 Å². The molecule has 0 unspecified atom stereocenters. The average Bonchev–Trinajstić information content (AvgIpc) is 2.84. The predicted octanol–water partition coefficient (Wildman–Crippen LogP) is 4.26. The number of benzene rings is 1. The fraction of sp³-hybridized carbons (Fsp3) is 0.500. The van der Waals surface area contributed by atoms with Crippen molar-refractivity contribution >= 4 is 39.2 Å². The number of hydrogen-bond donors (Lipinski definition) is 1. The zero-order valence-electron chi connectivity index (χ0n) is 15.6. The molecule has 0 spiro atoms. The van der Waals surface area contributed by atoms with Gasteiger partial charge in [0, 0.05) is 28.3 Å². The van der Waals surface area contributed by atoms with Gasteiger partial charge in [-0.05, 0) is 54.2 Å². The molecule has 24 heavy (non-hydrogen) atoms. The molecule has 1 N–H and O–H groups in total. The fourth-order valence-corrected chi connectivity index (χ4v) is 3.73. The van der Waals surface area contributed by atoms with E-state index in [0.717, 1.165) is 4.90 Å². The summed E-state index contributed by atoms with van der Waals surface area (Å²) in [5.74, 6) is 0. The van der Waals surface area contributed by atoms with Gasteiger partial charge in [-0.25, -0.2) is 4.39 Å². The molecule has 0 aliphatic carbocycles. The Hall–Kier alpha value is -1.03. The molecule has 2 atom stereocenters. The summed E-state index contributed by atoms with van der Waals surface area (Å²) in [6, 6.07) is 5.95. The first-order chi connectivity index (χ1) is 12.5. The van der Waals surface area contributed by atoms with Gasteiger partial charge in [0.2, 0.25) is 0 Å². The van der Waals surface area contributed by atoms with Crippen LogP contribution in [-0.4, -0.2) is 47.9 Å². The van der Waals surface area contributed by atoms with Gasteiger partial charge in [-0.3, -0.25) is 0 Å². The normalized spacial score (nSPS) is 25.3. The lowest BCUT2D eigenvalue weighted by atomic mass is 10.0. The van der Waals surface area contributed by atoms with Crippen LogP contribution in [0.2, 0.25) is 0 Å². The third kappa shape index (κ3) is 3.79. The van der Waals surface area contributed by atoms with Gasteiger partial charge in [0.25, 0.3) is 0 Å². The van der Waals surface area contributed by atoms with Gasteiger partial charge in [-0.1, -0.05) is 6.07 Å². The number of anilines is 1. The summed E-state index contributed by atoms with van der Waals surface area (Å²) in [5.41, 5.74) is 0.957. The van der Waals surface area contributed by atoms with Crippen LogP contribution in [-0.2, 0) is 6.54 Å². The first kappa shape index (κ1) is 14.2. The van der Waals surface area contributed by atoms with Crippen molar-refractivity contribution in [3.8, 4) is 0 Å². The average molecular weight is 458 g/mol. The van der Waals surface area contributed by atoms with Crippen molar-refractivity contribution < 1.29 is 21.7 Å². The molecule has 1 aromatic carbocycles. The summed E-state index contributed by atoms with van der Waals surface area (Å²) in [6.45, 7) is -3.42. The molecule has 3 rings (SSSR count). The van der Waals surface area contributed by atoms with Crippen LogP contribution in [0.5, 0.6) is 0 Å². The van der Waals surface area contributed by atoms with E-state index in [9.17, 15) is 17.6 Å². The van der Waals surface area contributed by atoms with Crippen LogP contribution >= 0.6 is 22.6 Å². The monoisotopic (exact) mass is 458 g/mol. The second-order valence-corrected chi connectivity index (χ2v) is 7.01. The van der Waals surface area contributed by atoms with E-state index >= 15 is 0 Å². The molecule has 1 aliphatic heterocycles. The Balaban J connectivity index is 1.83. The molecule has 2 aromatic rings. The Morgan fingerprint density at radius 2 is 2.21 bits per heavy atom. The predicted molar refractivity (Wildman–Crippen MR) is 95.1 cm³/mol. The van der Waals surface area contributed by atoms with E-state index in [0.29, 0.717) is 20.3 Å². The van der Waals surface area contributed by atoms with Crippen LogP contribution in [0.4, 0.5) is 23.2 Å². The summed E-state index contributed by atoms with van der Waals surface area (Å²) < 4.78 is 76.8. The molecular formula is C16H18F4IN3. The van der Waals surface area contributed by atoms with E-state index in [1.54, 1.807) is 24.3 Å². The van der Waals surface area contributed by atoms with Gasteiger partial charge in [0.15, 0.2) is 0 Å². The standard InChI is InChI=1S/C16H18F4IN3/c1-23-6-5-13(11(17)8-23)22-12-3-2-4-14-10(12)7-15(21)24(14)9-16(18,19)20/h2-4,7,11,13,22H,5-6,8-9H2,1H3/t11-,13+/m0/s1/i1D3. The summed E-state index contributed by atoms with van der Waals surface area (Å²) in [4.78, 5) is 1.12. The second kappa shape index (κ2) is 6.70. The van der Waals surface area contributed by atoms with Crippen molar-refractivity contribution in [3.05, 3.63) is 28.0 Å². The number of alkyl halides is 4. The molecule has 0 saturated carbocycles. The molecule has 1 aromatic heterocycles. The maximum atomic E-state index is 14.5. The summed E-state index contributed by atoms with van der Waals surface area (Å²) >= 11 is 1.85. The zero-order valence-corrected chi connectivity index (χ0v) is 14.7. The Morgan fingerprint density at radius 1 is 1.42 bits per heavy atom. The van der Waals surface area contributed by atoms with Crippen LogP contribution in [0, 0.1) is 3.70 Å². The lowest BCUT2D eigenvalue weighted by Gasteiger charge is -2.33. The number of aromatic nitrogens is 1. The molecule has 1 saturated heterocycles. The third-order valence-electron chi connectivity index (χ3n) is 4.11. The van der Waals surface area contributed by atoms with Crippen molar-refractivity contribution in [2.45, 2.75) is 31.4 Å². The van der Waals surface area contributed by atoms with Crippen LogP contribution in [0.1, 0.15) is 10.5 Å². The van der Waals surface area contributed by atoms with Crippen LogP contribution in [0.3, 0.4) is 0 Å². The molecule has 3 nitrogen and oxygen atoms in total. The van der Waals surface area contributed by atoms with E-state index in [2.05, 4.69) is 5.32 Å². The van der Waals surface area contributed by atoms with Gasteiger partial charge in [-0.15, -0.1) is 0 Å². The molecule has 2 heterocycles. The van der Waals surface area contributed by atoms with Crippen molar-refractivity contribution in [1.29, 1.82) is 0 Å². The maximum absolute atomic E-state index is 14.5. The Morgan fingerprint density at radius 3 is 2.88 bits per heavy atom. The van der Waals surface area contributed by atoms with E-state index < -0.39 is 31.9 Å². The lowest BCUT2D eigenvalue weighted by Crippen LogP contribution is -2.46. The summed E-state index contributed by atoms with van der Waals surface area (Å²) in [5, 5.41) is 3.65. The highest BCUT2D eigenvalue weighted by molar-refractivity contribution is 14.1. The van der Waals surface area contributed by atoms with E-state index in [1.165, 1.54) is 4.57 Å². The number of hydrogen-bond acceptors (Lipinski definition) is 2. The highest BCUT2D eigenvalue weighted by atomic mass is 127. The largest absolute Gasteiger partial charge is 0.406 e. The van der Waals surface area contributed by atoms with Crippen molar-refractivity contribution in [1.82, 2.24) is 9.47 Å². The van der Waals surface area contributed by atoms with Gasteiger partial charge in [-0.2, -0.15) is 13.2 Å². The Kier molecular flexibility index (Phi) is 3.96. The van der Waals surface area contributed by atoms with Crippen molar-refractivity contribution in [2.24, 2.45) is 0 Å². The number of halogens is 5. The zero-order chi connectivity index (χ0) is 20.0. The first-order valence-corrected chi connectivity index (χ1v) is 8.54. The molecule has 0 bridgehead atoms. The quantitative estimate of drug-likeness (QED) is 0.548. The van der Waals surface area contributed by atoms with E-state index in [4.69, 9.17) is 4.11 Å². The molecular weight excluding hydrogens is 437 g/mol. The molecule has 1 aliphatic rings. The van der Waals surface area contributed by atoms with Crippen LogP contribution < -0.4 is 5.32 Å². The van der Waals surface area contributed by atoms with E-state index in [1.807, 2.05) is 22.6 Å². The molecule has 0 amide bonds. The first-order valence-electron chi connectivity index (χ1n) is 8.96. The smallest absolute Gasteiger partial charge is 0.379 e. The SMILES string of the molecule is [2H]C([2H])([2H])N1CC[C@@H](Nc2cccc3c2cc(I)n3CC(F)(F)F)[C@@H](F)C1. The number of fused-ring (bicyclic) bond motifs is 1. The van der Waals surface area contributed by atoms with Gasteiger partial charge in [0.05, 0.1) is 15.3 Å². The Bertz CT molecular complexity index is 822. The summed E-state index contributed by atoms with van der Waals surface area (Å²) in [7, 11) is 0.